The number of rotatable bonds is 3. The van der Waals surface area contributed by atoms with E-state index in [-0.39, 0.29) is 17.0 Å². The van der Waals surface area contributed by atoms with Crippen LogP contribution in [0.1, 0.15) is 52.9 Å². The molecule has 0 aliphatic heterocycles. The molecule has 0 saturated heterocycles. The maximum atomic E-state index is 12.1. The van der Waals surface area contributed by atoms with Crippen molar-refractivity contribution >= 4 is 11.5 Å². The second-order valence-corrected chi connectivity index (χ2v) is 5.54. The third-order valence-corrected chi connectivity index (χ3v) is 3.18. The highest BCUT2D eigenvalue weighted by atomic mass is 16.3. The van der Waals surface area contributed by atoms with E-state index in [1.54, 1.807) is 7.05 Å². The first-order valence-electron chi connectivity index (χ1n) is 6.32. The number of aliphatic imine (C=N–C) groups is 1. The van der Waals surface area contributed by atoms with Crippen LogP contribution in [0.3, 0.4) is 0 Å². The van der Waals surface area contributed by atoms with Crippen molar-refractivity contribution < 1.29 is 9.90 Å². The molecule has 0 aromatic carbocycles. The van der Waals surface area contributed by atoms with Crippen LogP contribution in [0.25, 0.3) is 0 Å². The fourth-order valence-electron chi connectivity index (χ4n) is 2.28. The summed E-state index contributed by atoms with van der Waals surface area (Å²) in [6, 6.07) is 0. The van der Waals surface area contributed by atoms with E-state index in [2.05, 4.69) is 25.8 Å². The molecular formula is C14H23NO2. The molecular weight excluding hydrogens is 214 g/mol. The van der Waals surface area contributed by atoms with E-state index >= 15 is 0 Å². The van der Waals surface area contributed by atoms with Gasteiger partial charge in [-0.15, -0.1) is 0 Å². The minimum atomic E-state index is -0.0412. The molecule has 3 heteroatoms. The second kappa shape index (κ2) is 5.48. The Kier molecular flexibility index (Phi) is 4.49. The summed E-state index contributed by atoms with van der Waals surface area (Å²) in [6.07, 6.45) is 3.76. The average Bonchev–Trinajstić information content (AvgIpc) is 2.23. The van der Waals surface area contributed by atoms with Crippen molar-refractivity contribution in [1.82, 2.24) is 0 Å². The van der Waals surface area contributed by atoms with Crippen LogP contribution >= 0.6 is 0 Å². The van der Waals surface area contributed by atoms with Gasteiger partial charge in [0.1, 0.15) is 5.76 Å². The quantitative estimate of drug-likeness (QED) is 0.603. The van der Waals surface area contributed by atoms with Gasteiger partial charge in [0.15, 0.2) is 5.78 Å². The first-order valence-corrected chi connectivity index (χ1v) is 6.32. The maximum absolute atomic E-state index is 12.1. The van der Waals surface area contributed by atoms with Crippen LogP contribution in [0.5, 0.6) is 0 Å². The Bertz CT molecular complexity index is 364. The molecule has 1 N–H and O–H groups in total. The highest BCUT2D eigenvalue weighted by molar-refractivity contribution is 6.24. The molecule has 0 spiro atoms. The third-order valence-electron chi connectivity index (χ3n) is 3.18. The van der Waals surface area contributed by atoms with Gasteiger partial charge in [-0.1, -0.05) is 27.2 Å². The molecule has 0 aromatic heterocycles. The number of hydrogen-bond acceptors (Lipinski definition) is 3. The SMILES string of the molecule is CCCCC(O)=C1C(=O)CC(C)(C)CC1=NC. The standard InChI is InChI=1S/C14H23NO2/c1-5-6-7-11(16)13-10(15-4)8-14(2,3)9-12(13)17/h16H,5-9H2,1-4H3. The lowest BCUT2D eigenvalue weighted by Crippen LogP contribution is -2.32. The van der Waals surface area contributed by atoms with Crippen LogP contribution in [0.4, 0.5) is 0 Å². The van der Waals surface area contributed by atoms with Gasteiger partial charge < -0.3 is 5.11 Å². The number of allylic oxidation sites excluding steroid dienone is 2. The number of carbonyl (C=O) groups excluding carboxylic acids is 1. The van der Waals surface area contributed by atoms with Crippen LogP contribution in [-0.4, -0.2) is 23.6 Å². The number of aliphatic hydroxyl groups excluding tert-OH is 1. The number of aliphatic hydroxyl groups is 1. The Balaban J connectivity index is 3.02. The summed E-state index contributed by atoms with van der Waals surface area (Å²) < 4.78 is 0. The molecule has 0 aromatic rings. The third kappa shape index (κ3) is 3.42. The zero-order valence-electron chi connectivity index (χ0n) is 11.3. The lowest BCUT2D eigenvalue weighted by molar-refractivity contribution is -0.117. The molecule has 0 bridgehead atoms. The first-order chi connectivity index (χ1) is 7.91. The zero-order chi connectivity index (χ0) is 13.1. The molecule has 17 heavy (non-hydrogen) atoms. The Morgan fingerprint density at radius 2 is 2.06 bits per heavy atom. The van der Waals surface area contributed by atoms with Crippen molar-refractivity contribution in [3.63, 3.8) is 0 Å². The molecule has 0 heterocycles. The second-order valence-electron chi connectivity index (χ2n) is 5.54. The molecule has 1 saturated carbocycles. The maximum Gasteiger partial charge on any atom is 0.168 e. The van der Waals surface area contributed by atoms with Crippen LogP contribution in [0.2, 0.25) is 0 Å². The summed E-state index contributed by atoms with van der Waals surface area (Å²) >= 11 is 0. The predicted octanol–water partition coefficient (Wildman–Crippen LogP) is 3.45. The van der Waals surface area contributed by atoms with Gasteiger partial charge in [-0.3, -0.25) is 9.79 Å². The van der Waals surface area contributed by atoms with Crippen LogP contribution in [0.15, 0.2) is 16.3 Å². The number of carbonyl (C=O) groups is 1. The fourth-order valence-corrected chi connectivity index (χ4v) is 2.28. The van der Waals surface area contributed by atoms with Crippen LogP contribution in [-0.2, 0) is 4.79 Å². The summed E-state index contributed by atoms with van der Waals surface area (Å²) in [5.41, 5.74) is 1.21. The Labute approximate surface area is 104 Å². The van der Waals surface area contributed by atoms with Crippen molar-refractivity contribution in [2.75, 3.05) is 7.05 Å². The Morgan fingerprint density at radius 1 is 1.41 bits per heavy atom. The monoisotopic (exact) mass is 237 g/mol. The number of ketones is 1. The summed E-state index contributed by atoms with van der Waals surface area (Å²) in [6.45, 7) is 6.20. The topological polar surface area (TPSA) is 49.7 Å². The minimum absolute atomic E-state index is 0.0375. The van der Waals surface area contributed by atoms with E-state index in [0.717, 1.165) is 25.0 Å². The number of Topliss-reactive ketones (excluding diaryl/α,β-unsaturated/α-hetero) is 1. The summed E-state index contributed by atoms with van der Waals surface area (Å²) in [5, 5.41) is 10.0. The summed E-state index contributed by atoms with van der Waals surface area (Å²) in [7, 11) is 1.69. The smallest absolute Gasteiger partial charge is 0.168 e. The average molecular weight is 237 g/mol. The van der Waals surface area contributed by atoms with Gasteiger partial charge in [0.25, 0.3) is 0 Å². The van der Waals surface area contributed by atoms with Crippen molar-refractivity contribution in [1.29, 1.82) is 0 Å². The van der Waals surface area contributed by atoms with E-state index in [0.29, 0.717) is 18.4 Å². The number of nitrogens with zero attached hydrogens (tertiary/aromatic N) is 1. The molecule has 0 amide bonds. The van der Waals surface area contributed by atoms with E-state index in [9.17, 15) is 9.90 Å². The van der Waals surface area contributed by atoms with Gasteiger partial charge in [-0.05, 0) is 18.3 Å². The van der Waals surface area contributed by atoms with Gasteiger partial charge in [0.2, 0.25) is 0 Å². The molecule has 1 rings (SSSR count). The van der Waals surface area contributed by atoms with Gasteiger partial charge in [-0.2, -0.15) is 0 Å². The molecule has 96 valence electrons. The van der Waals surface area contributed by atoms with Gasteiger partial charge in [0.05, 0.1) is 5.57 Å². The molecule has 1 fully saturated rings. The normalized spacial score (nSPS) is 25.2. The Morgan fingerprint density at radius 3 is 2.59 bits per heavy atom. The Hall–Kier alpha value is -1.12. The van der Waals surface area contributed by atoms with E-state index in [1.165, 1.54) is 0 Å². The van der Waals surface area contributed by atoms with E-state index in [4.69, 9.17) is 0 Å². The van der Waals surface area contributed by atoms with Crippen LogP contribution < -0.4 is 0 Å². The molecule has 3 nitrogen and oxygen atoms in total. The van der Waals surface area contributed by atoms with Crippen molar-refractivity contribution in [3.8, 4) is 0 Å². The van der Waals surface area contributed by atoms with E-state index < -0.39 is 0 Å². The molecule has 0 atom stereocenters. The highest BCUT2D eigenvalue weighted by Gasteiger charge is 2.35. The summed E-state index contributed by atoms with van der Waals surface area (Å²) in [5.74, 6) is 0.267. The van der Waals surface area contributed by atoms with Crippen molar-refractivity contribution in [2.24, 2.45) is 10.4 Å². The van der Waals surface area contributed by atoms with Gasteiger partial charge in [-0.25, -0.2) is 0 Å². The molecule has 1 aliphatic rings. The summed E-state index contributed by atoms with van der Waals surface area (Å²) in [4.78, 5) is 16.3. The fraction of sp³-hybridized carbons (Fsp3) is 0.714. The largest absolute Gasteiger partial charge is 0.511 e. The lowest BCUT2D eigenvalue weighted by atomic mass is 9.73. The molecule has 0 unspecified atom stereocenters. The first kappa shape index (κ1) is 13.9. The molecule has 1 aliphatic carbocycles. The van der Waals surface area contributed by atoms with Gasteiger partial charge in [0, 0.05) is 25.6 Å². The zero-order valence-corrected chi connectivity index (χ0v) is 11.3. The lowest BCUT2D eigenvalue weighted by Gasteiger charge is -2.31. The van der Waals surface area contributed by atoms with Crippen molar-refractivity contribution in [3.05, 3.63) is 11.3 Å². The highest BCUT2D eigenvalue weighted by Crippen LogP contribution is 2.35. The predicted molar refractivity (Wildman–Crippen MR) is 70.6 cm³/mol. The van der Waals surface area contributed by atoms with Crippen molar-refractivity contribution in [2.45, 2.75) is 52.9 Å². The minimum Gasteiger partial charge on any atom is -0.511 e. The number of hydrogen-bond donors (Lipinski definition) is 1. The molecule has 0 radical (unpaired) electrons. The van der Waals surface area contributed by atoms with Crippen LogP contribution in [0, 0.1) is 5.41 Å². The van der Waals surface area contributed by atoms with Gasteiger partial charge >= 0.3 is 0 Å². The van der Waals surface area contributed by atoms with E-state index in [1.807, 2.05) is 0 Å². The number of unbranched alkanes of at least 4 members (excludes halogenated alkanes) is 1.